The molecule has 0 aromatic rings. The SMILES string of the molecule is CCC1=NC2CCCCC2=C1. The molecule has 60 valence electrons. The summed E-state index contributed by atoms with van der Waals surface area (Å²) < 4.78 is 0. The van der Waals surface area contributed by atoms with Crippen LogP contribution in [0.25, 0.3) is 0 Å². The molecular weight excluding hydrogens is 134 g/mol. The molecule has 0 spiro atoms. The van der Waals surface area contributed by atoms with Crippen molar-refractivity contribution in [2.24, 2.45) is 4.99 Å². The molecule has 1 aliphatic carbocycles. The lowest BCUT2D eigenvalue weighted by Gasteiger charge is -2.17. The van der Waals surface area contributed by atoms with Crippen molar-refractivity contribution in [3.63, 3.8) is 0 Å². The molecule has 0 aromatic heterocycles. The quantitative estimate of drug-likeness (QED) is 0.543. The van der Waals surface area contributed by atoms with Crippen molar-refractivity contribution in [2.75, 3.05) is 0 Å². The van der Waals surface area contributed by atoms with E-state index in [4.69, 9.17) is 0 Å². The zero-order valence-corrected chi connectivity index (χ0v) is 7.14. The van der Waals surface area contributed by atoms with Gasteiger partial charge in [0.05, 0.1) is 6.04 Å². The van der Waals surface area contributed by atoms with Crippen molar-refractivity contribution in [2.45, 2.75) is 45.1 Å². The van der Waals surface area contributed by atoms with Gasteiger partial charge < -0.3 is 0 Å². The first-order valence-corrected chi connectivity index (χ1v) is 4.67. The molecule has 0 radical (unpaired) electrons. The molecule has 1 fully saturated rings. The molecule has 2 aliphatic rings. The Balaban J connectivity index is 2.14. The van der Waals surface area contributed by atoms with Gasteiger partial charge in [0.25, 0.3) is 0 Å². The maximum absolute atomic E-state index is 4.65. The Hall–Kier alpha value is -0.590. The summed E-state index contributed by atoms with van der Waals surface area (Å²) in [4.78, 5) is 4.65. The molecular formula is C10H15N. The van der Waals surface area contributed by atoms with E-state index in [9.17, 15) is 0 Å². The van der Waals surface area contributed by atoms with Crippen molar-refractivity contribution in [1.29, 1.82) is 0 Å². The Morgan fingerprint density at radius 3 is 3.18 bits per heavy atom. The van der Waals surface area contributed by atoms with E-state index in [1.807, 2.05) is 0 Å². The smallest absolute Gasteiger partial charge is 0.0716 e. The standard InChI is InChI=1S/C10H15N/c1-2-9-7-8-5-3-4-6-10(8)11-9/h7,10H,2-6H2,1H3. The predicted octanol–water partition coefficient (Wildman–Crippen LogP) is 2.72. The van der Waals surface area contributed by atoms with Gasteiger partial charge in [-0.3, -0.25) is 4.99 Å². The maximum atomic E-state index is 4.65. The predicted molar refractivity (Wildman–Crippen MR) is 48.1 cm³/mol. The fourth-order valence-corrected chi connectivity index (χ4v) is 1.98. The van der Waals surface area contributed by atoms with Crippen molar-refractivity contribution in [1.82, 2.24) is 0 Å². The van der Waals surface area contributed by atoms with Crippen LogP contribution in [0.4, 0.5) is 0 Å². The highest BCUT2D eigenvalue weighted by molar-refractivity contribution is 5.97. The van der Waals surface area contributed by atoms with E-state index in [0.717, 1.165) is 6.42 Å². The third-order valence-electron chi connectivity index (χ3n) is 2.66. The Morgan fingerprint density at radius 1 is 1.55 bits per heavy atom. The average molecular weight is 149 g/mol. The van der Waals surface area contributed by atoms with Crippen LogP contribution in [0.5, 0.6) is 0 Å². The van der Waals surface area contributed by atoms with Crippen LogP contribution in [0.1, 0.15) is 39.0 Å². The van der Waals surface area contributed by atoms with Crippen LogP contribution in [0, 0.1) is 0 Å². The second-order valence-electron chi connectivity index (χ2n) is 3.45. The fraction of sp³-hybridized carbons (Fsp3) is 0.700. The number of aliphatic imine (C=N–C) groups is 1. The molecule has 1 heteroatoms. The molecule has 0 aromatic carbocycles. The maximum Gasteiger partial charge on any atom is 0.0716 e. The summed E-state index contributed by atoms with van der Waals surface area (Å²) in [5.74, 6) is 0. The number of rotatable bonds is 1. The van der Waals surface area contributed by atoms with Crippen molar-refractivity contribution in [3.8, 4) is 0 Å². The summed E-state index contributed by atoms with van der Waals surface area (Å²) in [6, 6.07) is 0.596. The highest BCUT2D eigenvalue weighted by Gasteiger charge is 2.22. The van der Waals surface area contributed by atoms with Crippen LogP contribution in [0.2, 0.25) is 0 Å². The Bertz CT molecular complexity index is 213. The summed E-state index contributed by atoms with van der Waals surface area (Å²) >= 11 is 0. The highest BCUT2D eigenvalue weighted by Crippen LogP contribution is 2.30. The van der Waals surface area contributed by atoms with Crippen molar-refractivity contribution < 1.29 is 0 Å². The number of hydrogen-bond acceptors (Lipinski definition) is 1. The minimum Gasteiger partial charge on any atom is -0.282 e. The molecule has 1 saturated carbocycles. The second kappa shape index (κ2) is 2.80. The van der Waals surface area contributed by atoms with Gasteiger partial charge in [-0.2, -0.15) is 0 Å². The van der Waals surface area contributed by atoms with Gasteiger partial charge in [0.2, 0.25) is 0 Å². The first kappa shape index (κ1) is 7.08. The summed E-state index contributed by atoms with van der Waals surface area (Å²) in [5, 5.41) is 0. The fourth-order valence-electron chi connectivity index (χ4n) is 1.98. The van der Waals surface area contributed by atoms with Gasteiger partial charge in [-0.1, -0.05) is 13.3 Å². The third kappa shape index (κ3) is 1.24. The zero-order chi connectivity index (χ0) is 7.68. The van der Waals surface area contributed by atoms with Gasteiger partial charge in [0.15, 0.2) is 0 Å². The molecule has 0 bridgehead atoms. The van der Waals surface area contributed by atoms with E-state index >= 15 is 0 Å². The van der Waals surface area contributed by atoms with Gasteiger partial charge in [0.1, 0.15) is 0 Å². The summed E-state index contributed by atoms with van der Waals surface area (Å²) in [6.45, 7) is 2.19. The Kier molecular flexibility index (Phi) is 1.80. The minimum atomic E-state index is 0.596. The molecule has 0 N–H and O–H groups in total. The van der Waals surface area contributed by atoms with Crippen LogP contribution >= 0.6 is 0 Å². The van der Waals surface area contributed by atoms with Crippen LogP contribution in [-0.4, -0.2) is 11.8 Å². The van der Waals surface area contributed by atoms with Gasteiger partial charge in [-0.15, -0.1) is 0 Å². The lowest BCUT2D eigenvalue weighted by atomic mass is 9.91. The molecule has 1 atom stereocenters. The number of allylic oxidation sites excluding steroid dienone is 1. The molecule has 2 rings (SSSR count). The molecule has 1 heterocycles. The third-order valence-corrected chi connectivity index (χ3v) is 2.66. The normalized spacial score (nSPS) is 29.4. The topological polar surface area (TPSA) is 12.4 Å². The first-order chi connectivity index (χ1) is 5.40. The van der Waals surface area contributed by atoms with Gasteiger partial charge in [-0.25, -0.2) is 0 Å². The highest BCUT2D eigenvalue weighted by atomic mass is 14.8. The lowest BCUT2D eigenvalue weighted by Crippen LogP contribution is -2.09. The van der Waals surface area contributed by atoms with Crippen LogP contribution in [-0.2, 0) is 0 Å². The van der Waals surface area contributed by atoms with Crippen LogP contribution in [0.3, 0.4) is 0 Å². The summed E-state index contributed by atoms with van der Waals surface area (Å²) in [7, 11) is 0. The molecule has 0 saturated heterocycles. The van der Waals surface area contributed by atoms with E-state index < -0.39 is 0 Å². The summed E-state index contributed by atoms with van der Waals surface area (Å²) in [5.41, 5.74) is 2.93. The van der Waals surface area contributed by atoms with Crippen molar-refractivity contribution >= 4 is 5.71 Å². The van der Waals surface area contributed by atoms with Crippen molar-refractivity contribution in [3.05, 3.63) is 11.6 Å². The van der Waals surface area contributed by atoms with E-state index in [1.165, 1.54) is 31.4 Å². The van der Waals surface area contributed by atoms with E-state index in [-0.39, 0.29) is 0 Å². The molecule has 0 amide bonds. The zero-order valence-electron chi connectivity index (χ0n) is 7.14. The lowest BCUT2D eigenvalue weighted by molar-refractivity contribution is 0.545. The van der Waals surface area contributed by atoms with Crippen LogP contribution in [0.15, 0.2) is 16.6 Å². The molecule has 1 unspecified atom stereocenters. The minimum absolute atomic E-state index is 0.596. The number of hydrogen-bond donors (Lipinski definition) is 0. The monoisotopic (exact) mass is 149 g/mol. The van der Waals surface area contributed by atoms with E-state index in [0.29, 0.717) is 6.04 Å². The second-order valence-corrected chi connectivity index (χ2v) is 3.45. The average Bonchev–Trinajstić information content (AvgIpc) is 2.46. The molecule has 1 aliphatic heterocycles. The first-order valence-electron chi connectivity index (χ1n) is 4.67. The van der Waals surface area contributed by atoms with Gasteiger partial charge in [0, 0.05) is 5.71 Å². The molecule has 1 nitrogen and oxygen atoms in total. The van der Waals surface area contributed by atoms with Gasteiger partial charge >= 0.3 is 0 Å². The largest absolute Gasteiger partial charge is 0.282 e. The molecule has 11 heavy (non-hydrogen) atoms. The van der Waals surface area contributed by atoms with E-state index in [1.54, 1.807) is 5.57 Å². The number of fused-ring (bicyclic) bond motifs is 1. The van der Waals surface area contributed by atoms with Gasteiger partial charge in [-0.05, 0) is 37.3 Å². The Morgan fingerprint density at radius 2 is 2.45 bits per heavy atom. The number of nitrogens with zero attached hydrogens (tertiary/aromatic N) is 1. The van der Waals surface area contributed by atoms with E-state index in [2.05, 4.69) is 18.0 Å². The van der Waals surface area contributed by atoms with Crippen LogP contribution < -0.4 is 0 Å². The Labute approximate surface area is 68.2 Å². The summed E-state index contributed by atoms with van der Waals surface area (Å²) in [6.07, 6.45) is 8.80.